The third kappa shape index (κ3) is 3.01. The average Bonchev–Trinajstić information content (AvgIpc) is 2.28. The summed E-state index contributed by atoms with van der Waals surface area (Å²) in [5.41, 5.74) is 1.71. The van der Waals surface area contributed by atoms with Crippen molar-refractivity contribution in [1.82, 2.24) is 9.97 Å². The zero-order chi connectivity index (χ0) is 12.3. The number of carbonyl (C=O) groups is 1. The van der Waals surface area contributed by atoms with Crippen molar-refractivity contribution in [3.8, 4) is 0 Å². The van der Waals surface area contributed by atoms with E-state index < -0.39 is 0 Å². The lowest BCUT2D eigenvalue weighted by molar-refractivity contribution is 0.102. The van der Waals surface area contributed by atoms with Crippen molar-refractivity contribution in [2.45, 2.75) is 6.92 Å². The Morgan fingerprint density at radius 2 is 2.18 bits per heavy atom. The van der Waals surface area contributed by atoms with Crippen molar-refractivity contribution >= 4 is 23.2 Å². The molecule has 0 saturated heterocycles. The summed E-state index contributed by atoms with van der Waals surface area (Å²) in [6.07, 6.45) is 1.57. The van der Waals surface area contributed by atoms with Gasteiger partial charge in [-0.1, -0.05) is 17.7 Å². The van der Waals surface area contributed by atoms with Crippen LogP contribution in [-0.2, 0) is 0 Å². The van der Waals surface area contributed by atoms with Crippen LogP contribution in [0.2, 0.25) is 5.15 Å². The van der Waals surface area contributed by atoms with Crippen LogP contribution >= 0.6 is 11.6 Å². The normalized spacial score (nSPS) is 10.0. The van der Waals surface area contributed by atoms with Gasteiger partial charge in [-0.05, 0) is 31.2 Å². The van der Waals surface area contributed by atoms with Gasteiger partial charge >= 0.3 is 0 Å². The fourth-order valence-corrected chi connectivity index (χ4v) is 1.64. The Hall–Kier alpha value is -1.94. The molecule has 2 aromatic heterocycles. The van der Waals surface area contributed by atoms with Crippen molar-refractivity contribution < 1.29 is 4.79 Å². The van der Waals surface area contributed by atoms with Gasteiger partial charge in [0.1, 0.15) is 10.8 Å². The highest BCUT2D eigenvalue weighted by Crippen LogP contribution is 2.15. The van der Waals surface area contributed by atoms with Crippen LogP contribution in [0.5, 0.6) is 0 Å². The van der Waals surface area contributed by atoms with Crippen LogP contribution in [-0.4, -0.2) is 15.9 Å². The summed E-state index contributed by atoms with van der Waals surface area (Å²) in [7, 11) is 0. The quantitative estimate of drug-likeness (QED) is 0.830. The molecule has 0 spiro atoms. The molecule has 0 bridgehead atoms. The van der Waals surface area contributed by atoms with E-state index in [2.05, 4.69) is 15.3 Å². The monoisotopic (exact) mass is 247 g/mol. The van der Waals surface area contributed by atoms with Gasteiger partial charge in [-0.3, -0.25) is 9.78 Å². The van der Waals surface area contributed by atoms with Crippen molar-refractivity contribution in [2.75, 3.05) is 5.32 Å². The summed E-state index contributed by atoms with van der Waals surface area (Å²) in [6, 6.07) is 8.49. The van der Waals surface area contributed by atoms with Gasteiger partial charge in [0.15, 0.2) is 0 Å². The first-order chi connectivity index (χ1) is 8.15. The third-order valence-corrected chi connectivity index (χ3v) is 2.27. The highest BCUT2D eigenvalue weighted by Gasteiger charge is 2.07. The summed E-state index contributed by atoms with van der Waals surface area (Å²) >= 11 is 5.80. The predicted octanol–water partition coefficient (Wildman–Crippen LogP) is 2.69. The molecule has 0 saturated carbocycles. The fourth-order valence-electron chi connectivity index (χ4n) is 1.39. The number of rotatable bonds is 2. The highest BCUT2D eigenvalue weighted by atomic mass is 35.5. The Bertz CT molecular complexity index is 522. The number of nitrogens with zero attached hydrogens (tertiary/aromatic N) is 2. The standard InChI is InChI=1S/C12H10ClN3O/c1-8-6-9(7-11(13)15-8)16-12(17)10-4-2-3-5-14-10/h2-7H,1H3,(H,15,16,17). The highest BCUT2D eigenvalue weighted by molar-refractivity contribution is 6.29. The zero-order valence-electron chi connectivity index (χ0n) is 9.14. The summed E-state index contributed by atoms with van der Waals surface area (Å²) in [5, 5.41) is 3.06. The second-order valence-electron chi connectivity index (χ2n) is 3.49. The largest absolute Gasteiger partial charge is 0.320 e. The molecule has 0 aliphatic heterocycles. The minimum absolute atomic E-state index is 0.271. The lowest BCUT2D eigenvalue weighted by Crippen LogP contribution is -2.13. The first kappa shape index (κ1) is 11.5. The van der Waals surface area contributed by atoms with E-state index in [-0.39, 0.29) is 5.91 Å². The van der Waals surface area contributed by atoms with E-state index in [1.807, 2.05) is 6.92 Å². The molecule has 0 atom stereocenters. The fraction of sp³-hybridized carbons (Fsp3) is 0.0833. The Balaban J connectivity index is 2.19. The number of aromatic nitrogens is 2. The molecule has 5 heteroatoms. The predicted molar refractivity (Wildman–Crippen MR) is 66.2 cm³/mol. The maximum Gasteiger partial charge on any atom is 0.274 e. The van der Waals surface area contributed by atoms with E-state index in [0.717, 1.165) is 5.69 Å². The number of nitrogens with one attached hydrogen (secondary N) is 1. The maximum absolute atomic E-state index is 11.8. The van der Waals surface area contributed by atoms with Gasteiger partial charge in [-0.15, -0.1) is 0 Å². The SMILES string of the molecule is Cc1cc(NC(=O)c2ccccn2)cc(Cl)n1. The molecule has 1 amide bonds. The number of halogens is 1. The summed E-state index contributed by atoms with van der Waals surface area (Å²) < 4.78 is 0. The molecule has 4 nitrogen and oxygen atoms in total. The zero-order valence-corrected chi connectivity index (χ0v) is 9.90. The van der Waals surface area contributed by atoms with Gasteiger partial charge < -0.3 is 5.32 Å². The first-order valence-electron chi connectivity index (χ1n) is 5.02. The molecule has 0 aliphatic carbocycles. The van der Waals surface area contributed by atoms with Crippen LogP contribution in [0.25, 0.3) is 0 Å². The number of pyridine rings is 2. The number of carbonyl (C=O) groups excluding carboxylic acids is 1. The van der Waals surface area contributed by atoms with Crippen molar-refractivity contribution in [3.05, 3.63) is 53.1 Å². The summed E-state index contributed by atoms with van der Waals surface area (Å²) in [4.78, 5) is 19.8. The van der Waals surface area contributed by atoms with Crippen LogP contribution < -0.4 is 5.32 Å². The Kier molecular flexibility index (Phi) is 3.35. The number of anilines is 1. The van der Waals surface area contributed by atoms with Crippen LogP contribution in [0.15, 0.2) is 36.5 Å². The van der Waals surface area contributed by atoms with Gasteiger partial charge in [-0.25, -0.2) is 4.98 Å². The lowest BCUT2D eigenvalue weighted by Gasteiger charge is -2.05. The number of aryl methyl sites for hydroxylation is 1. The molecule has 0 fully saturated rings. The molecular weight excluding hydrogens is 238 g/mol. The maximum atomic E-state index is 11.8. The first-order valence-corrected chi connectivity index (χ1v) is 5.39. The molecule has 17 heavy (non-hydrogen) atoms. The average molecular weight is 248 g/mol. The van der Waals surface area contributed by atoms with E-state index in [0.29, 0.717) is 16.5 Å². The topological polar surface area (TPSA) is 54.9 Å². The second-order valence-corrected chi connectivity index (χ2v) is 3.88. The van der Waals surface area contributed by atoms with Crippen LogP contribution in [0.1, 0.15) is 16.2 Å². The molecule has 2 rings (SSSR count). The lowest BCUT2D eigenvalue weighted by atomic mass is 10.3. The van der Waals surface area contributed by atoms with E-state index >= 15 is 0 Å². The molecule has 1 N–H and O–H groups in total. The van der Waals surface area contributed by atoms with Gasteiger partial charge in [0, 0.05) is 17.6 Å². The molecule has 2 heterocycles. The molecular formula is C12H10ClN3O. The van der Waals surface area contributed by atoms with E-state index in [1.165, 1.54) is 0 Å². The van der Waals surface area contributed by atoms with E-state index in [1.54, 1.807) is 36.5 Å². The third-order valence-electron chi connectivity index (χ3n) is 2.08. The van der Waals surface area contributed by atoms with Crippen LogP contribution in [0, 0.1) is 6.92 Å². The van der Waals surface area contributed by atoms with Crippen molar-refractivity contribution in [3.63, 3.8) is 0 Å². The molecule has 0 unspecified atom stereocenters. The molecule has 86 valence electrons. The summed E-state index contributed by atoms with van der Waals surface area (Å²) in [5.74, 6) is -0.271. The minimum Gasteiger partial charge on any atom is -0.320 e. The van der Waals surface area contributed by atoms with E-state index in [9.17, 15) is 4.79 Å². The van der Waals surface area contributed by atoms with Crippen LogP contribution in [0.4, 0.5) is 5.69 Å². The Morgan fingerprint density at radius 1 is 1.35 bits per heavy atom. The second kappa shape index (κ2) is 4.93. The minimum atomic E-state index is -0.271. The molecule has 0 radical (unpaired) electrons. The number of amides is 1. The Morgan fingerprint density at radius 3 is 2.82 bits per heavy atom. The number of hydrogen-bond acceptors (Lipinski definition) is 3. The molecule has 0 aliphatic rings. The Labute approximate surface area is 104 Å². The van der Waals surface area contributed by atoms with Gasteiger partial charge in [0.25, 0.3) is 5.91 Å². The smallest absolute Gasteiger partial charge is 0.274 e. The van der Waals surface area contributed by atoms with Crippen molar-refractivity contribution in [2.24, 2.45) is 0 Å². The summed E-state index contributed by atoms with van der Waals surface area (Å²) in [6.45, 7) is 1.81. The van der Waals surface area contributed by atoms with Crippen molar-refractivity contribution in [1.29, 1.82) is 0 Å². The van der Waals surface area contributed by atoms with Gasteiger partial charge in [0.2, 0.25) is 0 Å². The molecule has 0 aromatic carbocycles. The van der Waals surface area contributed by atoms with Crippen LogP contribution in [0.3, 0.4) is 0 Å². The van der Waals surface area contributed by atoms with E-state index in [4.69, 9.17) is 11.6 Å². The number of hydrogen-bond donors (Lipinski definition) is 1. The van der Waals surface area contributed by atoms with Gasteiger partial charge in [-0.2, -0.15) is 0 Å². The molecule has 2 aromatic rings. The van der Waals surface area contributed by atoms with Gasteiger partial charge in [0.05, 0.1) is 0 Å².